The summed E-state index contributed by atoms with van der Waals surface area (Å²) in [4.78, 5) is 0. The highest BCUT2D eigenvalue weighted by Crippen LogP contribution is 2.36. The highest BCUT2D eigenvalue weighted by atomic mass is 79.9. The maximum atomic E-state index is 3.32. The second-order valence-corrected chi connectivity index (χ2v) is 4.70. The Kier molecular flexibility index (Phi) is 2.74. The van der Waals surface area contributed by atoms with Crippen LogP contribution in [0.1, 0.15) is 16.7 Å². The van der Waals surface area contributed by atoms with E-state index >= 15 is 0 Å². The number of fused-ring (bicyclic) bond motifs is 3. The molecule has 82 valence electrons. The first-order valence-corrected chi connectivity index (χ1v) is 6.76. The fraction of sp³-hybridized carbons (Fsp3) is 0.125. The Bertz CT molecular complexity index is 629. The van der Waals surface area contributed by atoms with Gasteiger partial charge in [-0.15, -0.1) is 0 Å². The van der Waals surface area contributed by atoms with E-state index in [1.807, 2.05) is 0 Å². The summed E-state index contributed by atoms with van der Waals surface area (Å²) in [6.07, 6.45) is 1.04. The van der Waals surface area contributed by atoms with Crippen molar-refractivity contribution in [3.8, 4) is 23.0 Å². The molecule has 2 aromatic rings. The van der Waals surface area contributed by atoms with Gasteiger partial charge in [-0.2, -0.15) is 0 Å². The van der Waals surface area contributed by atoms with E-state index in [0.29, 0.717) is 0 Å². The van der Waals surface area contributed by atoms with E-state index in [1.165, 1.54) is 22.3 Å². The van der Waals surface area contributed by atoms with Crippen molar-refractivity contribution in [3.63, 3.8) is 0 Å². The lowest BCUT2D eigenvalue weighted by Crippen LogP contribution is -1.82. The van der Waals surface area contributed by atoms with Gasteiger partial charge in [0.15, 0.2) is 0 Å². The van der Waals surface area contributed by atoms with Crippen LogP contribution in [0.15, 0.2) is 42.5 Å². The van der Waals surface area contributed by atoms with Crippen LogP contribution < -0.4 is 0 Å². The molecule has 0 fully saturated rings. The molecule has 0 bridgehead atoms. The van der Waals surface area contributed by atoms with Crippen molar-refractivity contribution in [1.82, 2.24) is 0 Å². The Morgan fingerprint density at radius 2 is 1.82 bits per heavy atom. The summed E-state index contributed by atoms with van der Waals surface area (Å²) in [5, 5.41) is 0.726. The highest BCUT2D eigenvalue weighted by Gasteiger charge is 2.17. The molecular weight excluding hydrogens is 272 g/mol. The van der Waals surface area contributed by atoms with E-state index in [9.17, 15) is 0 Å². The standard InChI is InChI=1S/C16H11Br/c17-9-3-4-12-7-8-16-14(10-12)11-13-5-1-2-6-15(13)16/h1-2,5-8,10H,9,11H2. The molecule has 0 aromatic heterocycles. The van der Waals surface area contributed by atoms with E-state index in [2.05, 4.69) is 70.2 Å². The van der Waals surface area contributed by atoms with Crippen LogP contribution in [0.5, 0.6) is 0 Å². The summed E-state index contributed by atoms with van der Waals surface area (Å²) in [5.41, 5.74) is 6.67. The number of alkyl halides is 1. The quantitative estimate of drug-likeness (QED) is 0.432. The van der Waals surface area contributed by atoms with Crippen LogP contribution >= 0.6 is 15.9 Å². The Labute approximate surface area is 110 Å². The minimum absolute atomic E-state index is 0.726. The van der Waals surface area contributed by atoms with Gasteiger partial charge in [-0.1, -0.05) is 58.1 Å². The van der Waals surface area contributed by atoms with Crippen LogP contribution in [-0.2, 0) is 6.42 Å². The lowest BCUT2D eigenvalue weighted by molar-refractivity contribution is 1.26. The van der Waals surface area contributed by atoms with Gasteiger partial charge in [0.25, 0.3) is 0 Å². The van der Waals surface area contributed by atoms with Gasteiger partial charge in [-0.3, -0.25) is 0 Å². The lowest BCUT2D eigenvalue weighted by Gasteiger charge is -2.00. The number of benzene rings is 2. The van der Waals surface area contributed by atoms with Gasteiger partial charge in [0.05, 0.1) is 5.33 Å². The smallest absolute Gasteiger partial charge is 0.0649 e. The molecule has 2 aromatic carbocycles. The fourth-order valence-electron chi connectivity index (χ4n) is 2.36. The Morgan fingerprint density at radius 1 is 1.00 bits per heavy atom. The Morgan fingerprint density at radius 3 is 2.71 bits per heavy atom. The van der Waals surface area contributed by atoms with Gasteiger partial charge in [-0.25, -0.2) is 0 Å². The summed E-state index contributed by atoms with van der Waals surface area (Å²) < 4.78 is 0. The molecule has 0 spiro atoms. The molecule has 0 nitrogen and oxygen atoms in total. The second-order valence-electron chi connectivity index (χ2n) is 4.14. The van der Waals surface area contributed by atoms with Crippen molar-refractivity contribution >= 4 is 15.9 Å². The number of halogens is 1. The molecule has 17 heavy (non-hydrogen) atoms. The SMILES string of the molecule is BrCC#Cc1ccc2c(c1)Cc1ccccc1-2. The first kappa shape index (κ1) is 10.6. The zero-order valence-corrected chi connectivity index (χ0v) is 10.9. The van der Waals surface area contributed by atoms with Gasteiger partial charge in [0, 0.05) is 5.56 Å². The first-order valence-electron chi connectivity index (χ1n) is 5.64. The van der Waals surface area contributed by atoms with Crippen molar-refractivity contribution in [3.05, 3.63) is 59.2 Å². The van der Waals surface area contributed by atoms with Gasteiger partial charge >= 0.3 is 0 Å². The Balaban J connectivity index is 2.07. The predicted molar refractivity (Wildman–Crippen MR) is 75.4 cm³/mol. The van der Waals surface area contributed by atoms with Gasteiger partial charge in [0.1, 0.15) is 0 Å². The lowest BCUT2D eigenvalue weighted by atomic mass is 10.0. The third kappa shape index (κ3) is 1.90. The molecule has 0 saturated heterocycles. The van der Waals surface area contributed by atoms with Crippen LogP contribution in [-0.4, -0.2) is 5.33 Å². The molecule has 0 saturated carbocycles. The van der Waals surface area contributed by atoms with Crippen molar-refractivity contribution in [2.45, 2.75) is 6.42 Å². The minimum atomic E-state index is 0.726. The Hall–Kier alpha value is -1.52. The van der Waals surface area contributed by atoms with Crippen LogP contribution in [0.25, 0.3) is 11.1 Å². The number of hydrogen-bond acceptors (Lipinski definition) is 0. The van der Waals surface area contributed by atoms with Crippen molar-refractivity contribution < 1.29 is 0 Å². The minimum Gasteiger partial charge on any atom is -0.0863 e. The van der Waals surface area contributed by atoms with Crippen LogP contribution in [0.4, 0.5) is 0 Å². The van der Waals surface area contributed by atoms with Gasteiger partial charge in [-0.05, 0) is 40.8 Å². The normalized spacial score (nSPS) is 11.4. The molecule has 0 N–H and O–H groups in total. The highest BCUT2D eigenvalue weighted by molar-refractivity contribution is 9.09. The van der Waals surface area contributed by atoms with Crippen molar-refractivity contribution in [2.24, 2.45) is 0 Å². The third-order valence-electron chi connectivity index (χ3n) is 3.09. The maximum absolute atomic E-state index is 3.32. The molecular formula is C16H11Br. The van der Waals surface area contributed by atoms with Gasteiger partial charge < -0.3 is 0 Å². The fourth-order valence-corrected chi connectivity index (χ4v) is 2.50. The predicted octanol–water partition coefficient (Wildman–Crippen LogP) is 4.00. The van der Waals surface area contributed by atoms with E-state index in [0.717, 1.165) is 17.3 Å². The summed E-state index contributed by atoms with van der Waals surface area (Å²) >= 11 is 3.32. The molecule has 0 amide bonds. The zero-order valence-electron chi connectivity index (χ0n) is 9.33. The molecule has 1 heteroatoms. The van der Waals surface area contributed by atoms with Gasteiger partial charge in [0.2, 0.25) is 0 Å². The van der Waals surface area contributed by atoms with Crippen LogP contribution in [0, 0.1) is 11.8 Å². The van der Waals surface area contributed by atoms with E-state index in [4.69, 9.17) is 0 Å². The van der Waals surface area contributed by atoms with E-state index < -0.39 is 0 Å². The average molecular weight is 283 g/mol. The molecule has 0 unspecified atom stereocenters. The monoisotopic (exact) mass is 282 g/mol. The average Bonchev–Trinajstić information content (AvgIpc) is 2.74. The molecule has 0 atom stereocenters. The molecule has 1 aliphatic rings. The van der Waals surface area contributed by atoms with Crippen molar-refractivity contribution in [2.75, 3.05) is 5.33 Å². The van der Waals surface area contributed by atoms with E-state index in [-0.39, 0.29) is 0 Å². The van der Waals surface area contributed by atoms with Crippen LogP contribution in [0.2, 0.25) is 0 Å². The molecule has 1 aliphatic carbocycles. The number of rotatable bonds is 0. The first-order chi connectivity index (χ1) is 8.38. The summed E-state index contributed by atoms with van der Waals surface area (Å²) in [5.74, 6) is 6.20. The second kappa shape index (κ2) is 4.39. The zero-order chi connectivity index (χ0) is 11.7. The molecule has 0 radical (unpaired) electrons. The topological polar surface area (TPSA) is 0 Å². The number of hydrogen-bond donors (Lipinski definition) is 0. The third-order valence-corrected chi connectivity index (χ3v) is 3.37. The molecule has 0 heterocycles. The maximum Gasteiger partial charge on any atom is 0.0649 e. The van der Waals surface area contributed by atoms with Crippen molar-refractivity contribution in [1.29, 1.82) is 0 Å². The molecule has 0 aliphatic heterocycles. The summed E-state index contributed by atoms with van der Waals surface area (Å²) in [6.45, 7) is 0. The van der Waals surface area contributed by atoms with E-state index in [1.54, 1.807) is 0 Å². The van der Waals surface area contributed by atoms with Crippen LogP contribution in [0.3, 0.4) is 0 Å². The summed E-state index contributed by atoms with van der Waals surface area (Å²) in [6, 6.07) is 15.1. The summed E-state index contributed by atoms with van der Waals surface area (Å²) in [7, 11) is 0. The molecule has 3 rings (SSSR count). The largest absolute Gasteiger partial charge is 0.0863 e.